The molecule has 1 aromatic rings. The molecule has 1 aromatic carbocycles. The number of unbranched alkanes of at least 4 members (excludes halogenated alkanes) is 1. The second-order valence-electron chi connectivity index (χ2n) is 6.14. The number of hydrogen-bond donors (Lipinski definition) is 0. The minimum absolute atomic E-state index is 0.0855. The number of terminal acetylenes is 1. The van der Waals surface area contributed by atoms with Crippen LogP contribution in [-0.2, 0) is 14.3 Å². The van der Waals surface area contributed by atoms with E-state index in [1.54, 1.807) is 0 Å². The molecule has 3 nitrogen and oxygen atoms in total. The number of benzene rings is 1. The topological polar surface area (TPSA) is 35.5 Å². The predicted octanol–water partition coefficient (Wildman–Crippen LogP) is 2.81. The van der Waals surface area contributed by atoms with Crippen molar-refractivity contribution in [3.8, 4) is 12.3 Å². The molecule has 24 heavy (non-hydrogen) atoms. The van der Waals surface area contributed by atoms with Crippen molar-refractivity contribution in [3.05, 3.63) is 42.5 Å². The van der Waals surface area contributed by atoms with Gasteiger partial charge in [-0.1, -0.05) is 0 Å². The summed E-state index contributed by atoms with van der Waals surface area (Å²) >= 11 is -0.131. The Labute approximate surface area is 151 Å². The molecule has 4 heteroatoms. The van der Waals surface area contributed by atoms with Crippen molar-refractivity contribution in [3.63, 3.8) is 0 Å². The molecular weight excluding hydrogens is 367 g/mol. The number of hydrogen-bond acceptors (Lipinski definition) is 3. The van der Waals surface area contributed by atoms with Crippen LogP contribution in [0.3, 0.4) is 0 Å². The van der Waals surface area contributed by atoms with Gasteiger partial charge in [0.1, 0.15) is 0 Å². The van der Waals surface area contributed by atoms with Crippen molar-refractivity contribution in [1.82, 2.24) is 0 Å². The molecule has 0 unspecified atom stereocenters. The molecule has 0 aromatic heterocycles. The van der Waals surface area contributed by atoms with Crippen molar-refractivity contribution >= 4 is 24.1 Å². The van der Waals surface area contributed by atoms with Crippen LogP contribution in [0.4, 0.5) is 0 Å². The Morgan fingerprint density at radius 1 is 1.33 bits per heavy atom. The van der Waals surface area contributed by atoms with E-state index in [-0.39, 0.29) is 31.8 Å². The van der Waals surface area contributed by atoms with Gasteiger partial charge in [-0.3, -0.25) is 0 Å². The summed E-state index contributed by atoms with van der Waals surface area (Å²) in [5.41, 5.74) is 0. The van der Waals surface area contributed by atoms with Crippen molar-refractivity contribution in [2.24, 2.45) is 0 Å². The molecule has 1 aliphatic rings. The first-order valence-corrected chi connectivity index (χ1v) is 9.93. The molecule has 2 atom stereocenters. The summed E-state index contributed by atoms with van der Waals surface area (Å²) in [7, 11) is 0. The summed E-state index contributed by atoms with van der Waals surface area (Å²) in [4.78, 5) is 12.2. The Morgan fingerprint density at radius 3 is 2.79 bits per heavy atom. The number of allylic oxidation sites excluding steroid dienone is 1. The molecule has 0 bridgehead atoms. The van der Waals surface area contributed by atoms with Gasteiger partial charge in [-0.15, -0.1) is 0 Å². The molecule has 0 spiro atoms. The average Bonchev–Trinajstić information content (AvgIpc) is 2.85. The van der Waals surface area contributed by atoms with Crippen LogP contribution in [0, 0.1) is 12.3 Å². The van der Waals surface area contributed by atoms with Crippen LogP contribution >= 0.6 is 0 Å². The Kier molecular flexibility index (Phi) is 7.27. The van der Waals surface area contributed by atoms with Gasteiger partial charge in [0.15, 0.2) is 0 Å². The van der Waals surface area contributed by atoms with Crippen molar-refractivity contribution < 1.29 is 14.3 Å². The molecule has 0 N–H and O–H groups in total. The first-order chi connectivity index (χ1) is 11.5. The van der Waals surface area contributed by atoms with Gasteiger partial charge < -0.3 is 0 Å². The molecule has 1 saturated heterocycles. The maximum absolute atomic E-state index is 12.2. The standard InChI is InChI=1S/C20H24O3Se/c1-4-5-6-10-13-17-18(23-20(2,3)22-17)14-15-19(21)24-16-11-8-7-9-12-16/h1,7-13,17-18H,5-6,14-15H2,2-3H3/b13-10+/t17-,18-/m0/s1. The molecule has 1 fully saturated rings. The van der Waals surface area contributed by atoms with Crippen molar-refractivity contribution in [2.75, 3.05) is 0 Å². The third-order valence-electron chi connectivity index (χ3n) is 3.61. The van der Waals surface area contributed by atoms with E-state index in [0.717, 1.165) is 17.3 Å². The third-order valence-corrected chi connectivity index (χ3v) is 5.58. The van der Waals surface area contributed by atoms with Crippen LogP contribution in [0.2, 0.25) is 0 Å². The summed E-state index contributed by atoms with van der Waals surface area (Å²) in [6, 6.07) is 9.92. The Hall–Kier alpha value is -1.37. The SMILES string of the molecule is C#CCC/C=C/[C@@H]1OC(C)(C)O[C@H]1CCC(=O)[Se]c1ccccc1. The summed E-state index contributed by atoms with van der Waals surface area (Å²) < 4.78 is 13.3. The van der Waals surface area contributed by atoms with E-state index < -0.39 is 5.79 Å². The first kappa shape index (κ1) is 19.0. The second-order valence-corrected chi connectivity index (χ2v) is 8.51. The van der Waals surface area contributed by atoms with Crippen LogP contribution in [0.1, 0.15) is 39.5 Å². The van der Waals surface area contributed by atoms with E-state index in [1.165, 1.54) is 0 Å². The fourth-order valence-corrected chi connectivity index (χ4v) is 4.21. The molecule has 0 radical (unpaired) electrons. The summed E-state index contributed by atoms with van der Waals surface area (Å²) in [5.74, 6) is 2.01. The number of carbonyl (C=O) groups excluding carboxylic acids is 1. The average molecular weight is 391 g/mol. The van der Waals surface area contributed by atoms with Gasteiger partial charge in [-0.05, 0) is 0 Å². The van der Waals surface area contributed by atoms with E-state index >= 15 is 0 Å². The van der Waals surface area contributed by atoms with Gasteiger partial charge in [-0.25, -0.2) is 0 Å². The van der Waals surface area contributed by atoms with Crippen LogP contribution in [0.5, 0.6) is 0 Å². The van der Waals surface area contributed by atoms with Gasteiger partial charge in [0.25, 0.3) is 0 Å². The number of carbonyl (C=O) groups is 1. The molecule has 128 valence electrons. The predicted molar refractivity (Wildman–Crippen MR) is 97.1 cm³/mol. The normalized spacial score (nSPS) is 22.5. The number of ether oxygens (including phenoxy) is 2. The first-order valence-electron chi connectivity index (χ1n) is 8.21. The minimum atomic E-state index is -0.612. The maximum atomic E-state index is 12.2. The third kappa shape index (κ3) is 6.26. The van der Waals surface area contributed by atoms with E-state index in [4.69, 9.17) is 15.9 Å². The Balaban J connectivity index is 1.85. The van der Waals surface area contributed by atoms with Gasteiger partial charge in [0, 0.05) is 0 Å². The molecular formula is C20H24O3Se. The zero-order chi connectivity index (χ0) is 17.4. The number of rotatable bonds is 8. The van der Waals surface area contributed by atoms with Crippen molar-refractivity contribution in [2.45, 2.75) is 57.5 Å². The molecule has 1 aliphatic heterocycles. The van der Waals surface area contributed by atoms with Crippen LogP contribution in [0.15, 0.2) is 42.5 Å². The molecule has 0 amide bonds. The Morgan fingerprint density at radius 2 is 2.08 bits per heavy atom. The Bertz CT molecular complexity index is 601. The van der Waals surface area contributed by atoms with Gasteiger partial charge in [0.05, 0.1) is 0 Å². The zero-order valence-electron chi connectivity index (χ0n) is 14.2. The van der Waals surface area contributed by atoms with Gasteiger partial charge in [0.2, 0.25) is 0 Å². The monoisotopic (exact) mass is 392 g/mol. The quantitative estimate of drug-likeness (QED) is 0.296. The zero-order valence-corrected chi connectivity index (χ0v) is 15.9. The van der Waals surface area contributed by atoms with Crippen LogP contribution < -0.4 is 4.46 Å². The van der Waals surface area contributed by atoms with Gasteiger partial charge in [-0.2, -0.15) is 0 Å². The molecule has 0 saturated carbocycles. The van der Waals surface area contributed by atoms with Gasteiger partial charge >= 0.3 is 151 Å². The fourth-order valence-electron chi connectivity index (χ4n) is 2.58. The van der Waals surface area contributed by atoms with E-state index in [9.17, 15) is 4.79 Å². The van der Waals surface area contributed by atoms with E-state index in [1.807, 2.05) is 56.3 Å². The second kappa shape index (κ2) is 9.20. The fraction of sp³-hybridized carbons (Fsp3) is 0.450. The summed E-state index contributed by atoms with van der Waals surface area (Å²) in [6.45, 7) is 3.82. The summed E-state index contributed by atoms with van der Waals surface area (Å²) in [6.07, 6.45) is 11.9. The molecule has 1 heterocycles. The van der Waals surface area contributed by atoms with E-state index in [0.29, 0.717) is 12.8 Å². The molecule has 0 aliphatic carbocycles. The molecule has 2 rings (SSSR count). The van der Waals surface area contributed by atoms with E-state index in [2.05, 4.69) is 5.92 Å². The van der Waals surface area contributed by atoms with Crippen LogP contribution in [0.25, 0.3) is 0 Å². The summed E-state index contributed by atoms with van der Waals surface area (Å²) in [5, 5.41) is 0. The van der Waals surface area contributed by atoms with Crippen LogP contribution in [-0.4, -0.2) is 37.6 Å². The van der Waals surface area contributed by atoms with Crippen molar-refractivity contribution in [1.29, 1.82) is 0 Å².